The lowest BCUT2D eigenvalue weighted by Crippen LogP contribution is -2.32. The first-order valence-corrected chi connectivity index (χ1v) is 9.98. The van der Waals surface area contributed by atoms with E-state index in [9.17, 15) is 4.79 Å². The predicted octanol–water partition coefficient (Wildman–Crippen LogP) is 4.97. The molecule has 156 valence electrons. The summed E-state index contributed by atoms with van der Waals surface area (Å²) < 4.78 is 15.7. The average molecular weight is 437 g/mol. The number of hydrogen-bond acceptors (Lipinski definition) is 5. The molecule has 0 aliphatic carbocycles. The Balaban J connectivity index is 2.13. The van der Waals surface area contributed by atoms with Gasteiger partial charge in [0.1, 0.15) is 0 Å². The minimum atomic E-state index is -0.475. The van der Waals surface area contributed by atoms with Crippen LogP contribution in [0.25, 0.3) is 0 Å². The Morgan fingerprint density at radius 1 is 1.10 bits per heavy atom. The van der Waals surface area contributed by atoms with Gasteiger partial charge in [0, 0.05) is 5.69 Å². The largest absolute Gasteiger partial charge is 0.493 e. The number of carbonyl (C=O) groups is 1. The van der Waals surface area contributed by atoms with E-state index in [2.05, 4.69) is 17.6 Å². The first kappa shape index (κ1) is 22.8. The fourth-order valence-corrected chi connectivity index (χ4v) is 3.24. The van der Waals surface area contributed by atoms with Crippen molar-refractivity contribution in [3.05, 3.63) is 52.5 Å². The topological polar surface area (TPSA) is 68.8 Å². The summed E-state index contributed by atoms with van der Waals surface area (Å²) in [7, 11) is 3.20. The number of carbonyl (C=O) groups excluding carboxylic acids is 1. The summed E-state index contributed by atoms with van der Waals surface area (Å²) in [6, 6.07) is 10.7. The monoisotopic (exact) mass is 436 g/mol. The summed E-state index contributed by atoms with van der Waals surface area (Å²) >= 11 is 11.6. The van der Waals surface area contributed by atoms with Crippen molar-refractivity contribution in [2.24, 2.45) is 0 Å². The molecule has 8 heteroatoms. The van der Waals surface area contributed by atoms with Gasteiger partial charge in [0.15, 0.2) is 16.6 Å². The highest BCUT2D eigenvalue weighted by atomic mass is 35.5. The second kappa shape index (κ2) is 10.9. The van der Waals surface area contributed by atoms with Crippen molar-refractivity contribution in [3.8, 4) is 11.5 Å². The van der Waals surface area contributed by atoms with Crippen LogP contribution in [0.2, 0.25) is 5.02 Å². The maximum Gasteiger partial charge on any atom is 0.339 e. The van der Waals surface area contributed by atoms with E-state index in [0.717, 1.165) is 12.0 Å². The van der Waals surface area contributed by atoms with Gasteiger partial charge in [-0.3, -0.25) is 0 Å². The maximum atomic E-state index is 12.0. The van der Waals surface area contributed by atoms with Crippen molar-refractivity contribution in [3.63, 3.8) is 0 Å². The number of methoxy groups -OCH3 is 2. The second-order valence-corrected chi connectivity index (χ2v) is 6.90. The van der Waals surface area contributed by atoms with Gasteiger partial charge in [0.2, 0.25) is 0 Å². The lowest BCUT2D eigenvalue weighted by atomic mass is 10.0. The third-order valence-electron chi connectivity index (χ3n) is 4.24. The average Bonchev–Trinajstić information content (AvgIpc) is 2.73. The molecule has 0 radical (unpaired) electrons. The van der Waals surface area contributed by atoms with E-state index in [-0.39, 0.29) is 18.2 Å². The first-order chi connectivity index (χ1) is 13.9. The highest BCUT2D eigenvalue weighted by molar-refractivity contribution is 7.80. The summed E-state index contributed by atoms with van der Waals surface area (Å²) in [5.74, 6) is 0.845. The number of rotatable bonds is 8. The molecule has 0 bridgehead atoms. The van der Waals surface area contributed by atoms with Crippen molar-refractivity contribution in [2.75, 3.05) is 26.1 Å². The number of esters is 1. The normalized spacial score (nSPS) is 11.3. The Bertz CT molecular complexity index is 876. The molecule has 1 atom stereocenters. The second-order valence-electron chi connectivity index (χ2n) is 6.09. The summed E-state index contributed by atoms with van der Waals surface area (Å²) in [4.78, 5) is 12.0. The van der Waals surface area contributed by atoms with E-state index < -0.39 is 5.97 Å². The summed E-state index contributed by atoms with van der Waals surface area (Å²) in [6.45, 7) is 4.07. The molecule has 0 amide bonds. The standard InChI is InChI=1S/C21H25ClN2O4S/c1-5-17(13-7-10-18(26-3)19(11-13)27-4)24-21(29)23-14-8-9-16(22)15(12-14)20(25)28-6-2/h7-12,17H,5-6H2,1-4H3,(H2,23,24,29). The van der Waals surface area contributed by atoms with Crippen LogP contribution in [-0.4, -0.2) is 31.9 Å². The molecule has 0 heterocycles. The van der Waals surface area contributed by atoms with Gasteiger partial charge in [-0.1, -0.05) is 24.6 Å². The zero-order chi connectivity index (χ0) is 21.4. The molecule has 2 N–H and O–H groups in total. The third-order valence-corrected chi connectivity index (χ3v) is 4.79. The maximum absolute atomic E-state index is 12.0. The molecule has 2 rings (SSSR count). The molecular weight excluding hydrogens is 412 g/mol. The molecule has 2 aromatic carbocycles. The SMILES string of the molecule is CCOC(=O)c1cc(NC(=S)NC(CC)c2ccc(OC)c(OC)c2)ccc1Cl. The minimum absolute atomic E-state index is 0.0355. The van der Waals surface area contributed by atoms with Gasteiger partial charge >= 0.3 is 5.97 Å². The molecule has 0 saturated heterocycles. The van der Waals surface area contributed by atoms with Gasteiger partial charge in [0.25, 0.3) is 0 Å². The molecule has 6 nitrogen and oxygen atoms in total. The number of nitrogens with one attached hydrogen (secondary N) is 2. The lowest BCUT2D eigenvalue weighted by Gasteiger charge is -2.21. The van der Waals surface area contributed by atoms with Gasteiger partial charge < -0.3 is 24.8 Å². The quantitative estimate of drug-likeness (QED) is 0.447. The smallest absolute Gasteiger partial charge is 0.339 e. The minimum Gasteiger partial charge on any atom is -0.493 e. The fraction of sp³-hybridized carbons (Fsp3) is 0.333. The van der Waals surface area contributed by atoms with Crippen LogP contribution in [-0.2, 0) is 4.74 Å². The molecule has 2 aromatic rings. The number of anilines is 1. The summed E-state index contributed by atoms with van der Waals surface area (Å²) in [6.07, 6.45) is 0.798. The summed E-state index contributed by atoms with van der Waals surface area (Å²) in [5, 5.41) is 7.12. The Morgan fingerprint density at radius 3 is 2.45 bits per heavy atom. The highest BCUT2D eigenvalue weighted by Crippen LogP contribution is 2.31. The zero-order valence-electron chi connectivity index (χ0n) is 16.9. The Hall–Kier alpha value is -2.51. The first-order valence-electron chi connectivity index (χ1n) is 9.19. The molecular formula is C21H25ClN2O4S. The molecule has 1 unspecified atom stereocenters. The van der Waals surface area contributed by atoms with Crippen LogP contribution in [0.15, 0.2) is 36.4 Å². The van der Waals surface area contributed by atoms with Crippen LogP contribution >= 0.6 is 23.8 Å². The highest BCUT2D eigenvalue weighted by Gasteiger charge is 2.16. The molecule has 0 spiro atoms. The van der Waals surface area contributed by atoms with Gasteiger partial charge in [-0.25, -0.2) is 4.79 Å². The zero-order valence-corrected chi connectivity index (χ0v) is 18.4. The molecule has 0 saturated carbocycles. The van der Waals surface area contributed by atoms with E-state index in [4.69, 9.17) is 38.0 Å². The Labute approximate surface area is 181 Å². The molecule has 0 aromatic heterocycles. The number of benzene rings is 2. The predicted molar refractivity (Wildman–Crippen MR) is 119 cm³/mol. The van der Waals surface area contributed by atoms with Crippen molar-refractivity contribution in [1.82, 2.24) is 5.32 Å². The van der Waals surface area contributed by atoms with Gasteiger partial charge in [0.05, 0.1) is 37.5 Å². The van der Waals surface area contributed by atoms with Crippen LogP contribution in [0.1, 0.15) is 42.2 Å². The van der Waals surface area contributed by atoms with Gasteiger partial charge in [-0.2, -0.15) is 0 Å². The Kier molecular flexibility index (Phi) is 8.54. The molecule has 0 fully saturated rings. The fourth-order valence-electron chi connectivity index (χ4n) is 2.78. The van der Waals surface area contributed by atoms with Crippen LogP contribution in [0.5, 0.6) is 11.5 Å². The van der Waals surface area contributed by atoms with Crippen LogP contribution in [0, 0.1) is 0 Å². The number of hydrogen-bond donors (Lipinski definition) is 2. The molecule has 0 aliphatic rings. The van der Waals surface area contributed by atoms with E-state index in [1.165, 1.54) is 0 Å². The van der Waals surface area contributed by atoms with Crippen molar-refractivity contribution >= 4 is 40.6 Å². The van der Waals surface area contributed by atoms with E-state index in [0.29, 0.717) is 27.3 Å². The Morgan fingerprint density at radius 2 is 1.83 bits per heavy atom. The van der Waals surface area contributed by atoms with Crippen molar-refractivity contribution < 1.29 is 19.0 Å². The van der Waals surface area contributed by atoms with Gasteiger partial charge in [-0.05, 0) is 61.5 Å². The van der Waals surface area contributed by atoms with E-state index >= 15 is 0 Å². The van der Waals surface area contributed by atoms with Crippen LogP contribution < -0.4 is 20.1 Å². The number of thiocarbonyl (C=S) groups is 1. The molecule has 29 heavy (non-hydrogen) atoms. The van der Waals surface area contributed by atoms with Crippen molar-refractivity contribution in [1.29, 1.82) is 0 Å². The summed E-state index contributed by atoms with van der Waals surface area (Å²) in [5.41, 5.74) is 1.93. The van der Waals surface area contributed by atoms with Crippen LogP contribution in [0.3, 0.4) is 0 Å². The van der Waals surface area contributed by atoms with Gasteiger partial charge in [-0.15, -0.1) is 0 Å². The number of halogens is 1. The molecule has 0 aliphatic heterocycles. The van der Waals surface area contributed by atoms with E-state index in [1.807, 2.05) is 18.2 Å². The van der Waals surface area contributed by atoms with E-state index in [1.54, 1.807) is 39.3 Å². The third kappa shape index (κ3) is 5.98. The number of ether oxygens (including phenoxy) is 3. The van der Waals surface area contributed by atoms with Crippen LogP contribution in [0.4, 0.5) is 5.69 Å². The van der Waals surface area contributed by atoms with Crippen molar-refractivity contribution in [2.45, 2.75) is 26.3 Å². The lowest BCUT2D eigenvalue weighted by molar-refractivity contribution is 0.0526.